The molecule has 0 aliphatic carbocycles. The molecule has 3 rings (SSSR count). The average Bonchev–Trinajstić information content (AvgIpc) is 2.66. The van der Waals surface area contributed by atoms with E-state index < -0.39 is 21.7 Å². The second kappa shape index (κ2) is 8.23. The van der Waals surface area contributed by atoms with Gasteiger partial charge >= 0.3 is 0 Å². The fraction of sp³-hybridized carbons (Fsp3) is 0.0952. The minimum atomic E-state index is -4.00. The molecule has 0 bridgehead atoms. The molecule has 0 radical (unpaired) electrons. The summed E-state index contributed by atoms with van der Waals surface area (Å²) in [5.74, 6) is -1.48. The van der Waals surface area contributed by atoms with Gasteiger partial charge in [-0.1, -0.05) is 35.9 Å². The molecule has 2 N–H and O–H groups in total. The normalized spacial score (nSPS) is 11.2. The van der Waals surface area contributed by atoms with Crippen molar-refractivity contribution >= 4 is 38.9 Å². The highest BCUT2D eigenvalue weighted by Gasteiger charge is 2.19. The van der Waals surface area contributed by atoms with Gasteiger partial charge in [0, 0.05) is 0 Å². The molecule has 1 amide bonds. The predicted octanol–water partition coefficient (Wildman–Crippen LogP) is 5.15. The molecule has 0 unspecified atom stereocenters. The number of aryl methyl sites for hydroxylation is 2. The van der Waals surface area contributed by atoms with Gasteiger partial charge in [-0.25, -0.2) is 12.8 Å². The quantitative estimate of drug-likeness (QED) is 0.585. The van der Waals surface area contributed by atoms with Gasteiger partial charge < -0.3 is 5.32 Å². The zero-order chi connectivity index (χ0) is 21.2. The maximum absolute atomic E-state index is 14.5. The minimum Gasteiger partial charge on any atom is -0.319 e. The molecule has 5 nitrogen and oxygen atoms in total. The van der Waals surface area contributed by atoms with Crippen molar-refractivity contribution in [3.05, 3.63) is 88.2 Å². The van der Waals surface area contributed by atoms with E-state index in [2.05, 4.69) is 10.0 Å². The van der Waals surface area contributed by atoms with Crippen molar-refractivity contribution in [3.63, 3.8) is 0 Å². The second-order valence-electron chi connectivity index (χ2n) is 6.50. The number of carbonyl (C=O) groups excluding carboxylic acids is 1. The van der Waals surface area contributed by atoms with Gasteiger partial charge in [0.25, 0.3) is 15.9 Å². The lowest BCUT2D eigenvalue weighted by molar-refractivity contribution is 0.102. The van der Waals surface area contributed by atoms with Gasteiger partial charge in [0.2, 0.25) is 0 Å². The van der Waals surface area contributed by atoms with Crippen LogP contribution in [-0.4, -0.2) is 14.3 Å². The van der Waals surface area contributed by atoms with Gasteiger partial charge in [0.1, 0.15) is 5.82 Å². The van der Waals surface area contributed by atoms with E-state index in [0.29, 0.717) is 5.69 Å². The number of anilines is 2. The summed E-state index contributed by atoms with van der Waals surface area (Å²) in [6, 6.07) is 15.0. The Balaban J connectivity index is 1.84. The number of halogens is 2. The first-order valence-electron chi connectivity index (χ1n) is 8.63. The maximum atomic E-state index is 14.5. The van der Waals surface area contributed by atoms with Crippen LogP contribution in [0.2, 0.25) is 5.02 Å². The Hall–Kier alpha value is -2.90. The van der Waals surface area contributed by atoms with Gasteiger partial charge in [-0.15, -0.1) is 0 Å². The van der Waals surface area contributed by atoms with Crippen molar-refractivity contribution in [3.8, 4) is 0 Å². The lowest BCUT2D eigenvalue weighted by atomic mass is 10.1. The third-order valence-corrected chi connectivity index (χ3v) is 5.95. The van der Waals surface area contributed by atoms with Gasteiger partial charge in [0.15, 0.2) is 0 Å². The number of benzene rings is 3. The Kier molecular flexibility index (Phi) is 5.91. The van der Waals surface area contributed by atoms with E-state index in [1.165, 1.54) is 18.2 Å². The first-order chi connectivity index (χ1) is 13.7. The first kappa shape index (κ1) is 20.8. The van der Waals surface area contributed by atoms with Crippen molar-refractivity contribution in [2.45, 2.75) is 18.7 Å². The Labute approximate surface area is 173 Å². The van der Waals surface area contributed by atoms with E-state index >= 15 is 0 Å². The molecule has 150 valence electrons. The molecular formula is C21H18ClFN2O3S. The van der Waals surface area contributed by atoms with E-state index in [4.69, 9.17) is 11.6 Å². The van der Waals surface area contributed by atoms with Crippen molar-refractivity contribution in [2.75, 3.05) is 10.0 Å². The lowest BCUT2D eigenvalue weighted by Crippen LogP contribution is -2.16. The first-order valence-corrected chi connectivity index (χ1v) is 10.5. The van der Waals surface area contributed by atoms with Crippen molar-refractivity contribution in [1.29, 1.82) is 0 Å². The summed E-state index contributed by atoms with van der Waals surface area (Å²) in [6.07, 6.45) is 0. The standard InChI is InChI=1S/C21H18ClFN2O3S/c1-13-7-8-14(2)20(11-13)25-29(27,28)15-9-10-19(18(23)12-15)24-21(26)16-5-3-4-6-17(16)22/h3-12,25H,1-2H3,(H,24,26). The fourth-order valence-corrected chi connectivity index (χ4v) is 4.00. The van der Waals surface area contributed by atoms with E-state index in [1.54, 1.807) is 37.3 Å². The summed E-state index contributed by atoms with van der Waals surface area (Å²) in [5.41, 5.74) is 2.07. The van der Waals surface area contributed by atoms with E-state index in [9.17, 15) is 17.6 Å². The van der Waals surface area contributed by atoms with Crippen molar-refractivity contribution in [2.24, 2.45) is 0 Å². The van der Waals surface area contributed by atoms with Crippen LogP contribution in [0.4, 0.5) is 15.8 Å². The molecule has 3 aromatic rings. The Morgan fingerprint density at radius 2 is 1.69 bits per heavy atom. The number of sulfonamides is 1. The molecule has 0 aliphatic heterocycles. The molecule has 0 aromatic heterocycles. The third kappa shape index (κ3) is 4.75. The average molecular weight is 433 g/mol. The summed E-state index contributed by atoms with van der Waals surface area (Å²) in [6.45, 7) is 3.61. The zero-order valence-corrected chi connectivity index (χ0v) is 17.2. The van der Waals surface area contributed by atoms with E-state index in [1.807, 2.05) is 13.0 Å². The Morgan fingerprint density at radius 1 is 0.966 bits per heavy atom. The summed E-state index contributed by atoms with van der Waals surface area (Å²) in [5, 5.41) is 2.62. The monoisotopic (exact) mass is 432 g/mol. The summed E-state index contributed by atoms with van der Waals surface area (Å²) in [4.78, 5) is 12.0. The largest absolute Gasteiger partial charge is 0.319 e. The van der Waals surface area contributed by atoms with Crippen LogP contribution >= 0.6 is 11.6 Å². The van der Waals surface area contributed by atoms with Gasteiger partial charge in [-0.05, 0) is 61.4 Å². The number of nitrogens with one attached hydrogen (secondary N) is 2. The highest BCUT2D eigenvalue weighted by molar-refractivity contribution is 7.92. The third-order valence-electron chi connectivity index (χ3n) is 4.25. The van der Waals surface area contributed by atoms with Crippen LogP contribution in [0.15, 0.2) is 65.6 Å². The molecule has 0 fully saturated rings. The zero-order valence-electron chi connectivity index (χ0n) is 15.7. The molecule has 0 saturated heterocycles. The van der Waals surface area contributed by atoms with Crippen LogP contribution in [0.25, 0.3) is 0 Å². The molecule has 8 heteroatoms. The number of hydrogen-bond acceptors (Lipinski definition) is 3. The van der Waals surface area contributed by atoms with E-state index in [-0.39, 0.29) is 21.2 Å². The van der Waals surface area contributed by atoms with Gasteiger partial charge in [-0.3, -0.25) is 9.52 Å². The van der Waals surface area contributed by atoms with Crippen LogP contribution in [0.1, 0.15) is 21.5 Å². The summed E-state index contributed by atoms with van der Waals surface area (Å²) >= 11 is 5.97. The SMILES string of the molecule is Cc1ccc(C)c(NS(=O)(=O)c2ccc(NC(=O)c3ccccc3Cl)c(F)c2)c1. The molecule has 0 aliphatic rings. The van der Waals surface area contributed by atoms with Gasteiger partial charge in [0.05, 0.1) is 26.9 Å². The lowest BCUT2D eigenvalue weighted by Gasteiger charge is -2.13. The summed E-state index contributed by atoms with van der Waals surface area (Å²) < 4.78 is 42.2. The molecular weight excluding hydrogens is 415 g/mol. The number of rotatable bonds is 5. The molecule has 0 atom stereocenters. The van der Waals surface area contributed by atoms with Crippen molar-refractivity contribution in [1.82, 2.24) is 0 Å². The fourth-order valence-electron chi connectivity index (χ4n) is 2.65. The topological polar surface area (TPSA) is 75.3 Å². The molecule has 0 spiro atoms. The van der Waals surface area contributed by atoms with E-state index in [0.717, 1.165) is 17.2 Å². The molecule has 29 heavy (non-hydrogen) atoms. The molecule has 0 saturated carbocycles. The smallest absolute Gasteiger partial charge is 0.262 e. The van der Waals surface area contributed by atoms with Gasteiger partial charge in [-0.2, -0.15) is 0 Å². The number of amides is 1. The number of carbonyl (C=O) groups is 1. The van der Waals surface area contributed by atoms with Crippen LogP contribution < -0.4 is 10.0 Å². The highest BCUT2D eigenvalue weighted by Crippen LogP contribution is 2.25. The van der Waals surface area contributed by atoms with Crippen LogP contribution in [0.5, 0.6) is 0 Å². The second-order valence-corrected chi connectivity index (χ2v) is 8.59. The predicted molar refractivity (Wildman–Crippen MR) is 113 cm³/mol. The maximum Gasteiger partial charge on any atom is 0.262 e. The molecule has 0 heterocycles. The highest BCUT2D eigenvalue weighted by atomic mass is 35.5. The van der Waals surface area contributed by atoms with Crippen LogP contribution in [0.3, 0.4) is 0 Å². The number of hydrogen-bond donors (Lipinski definition) is 2. The Bertz CT molecular complexity index is 1200. The van der Waals surface area contributed by atoms with Crippen LogP contribution in [0, 0.1) is 19.7 Å². The summed E-state index contributed by atoms with van der Waals surface area (Å²) in [7, 11) is -4.00. The van der Waals surface area contributed by atoms with Crippen molar-refractivity contribution < 1.29 is 17.6 Å². The Morgan fingerprint density at radius 3 is 2.38 bits per heavy atom. The van der Waals surface area contributed by atoms with Crippen LogP contribution in [-0.2, 0) is 10.0 Å². The minimum absolute atomic E-state index is 0.152. The molecule has 3 aromatic carbocycles.